The Labute approximate surface area is 170 Å². The highest BCUT2D eigenvalue weighted by atomic mass is 16.5. The molecule has 162 valence electrons. The molecule has 0 bridgehead atoms. The monoisotopic (exact) mass is 386 g/mol. The highest BCUT2D eigenvalue weighted by Gasteiger charge is 2.09. The van der Waals surface area contributed by atoms with Crippen LogP contribution in [-0.4, -0.2) is 50.8 Å². The van der Waals surface area contributed by atoms with E-state index in [9.17, 15) is 0 Å². The predicted molar refractivity (Wildman–Crippen MR) is 124 cm³/mol. The van der Waals surface area contributed by atoms with Crippen LogP contribution >= 0.6 is 0 Å². The zero-order chi connectivity index (χ0) is 20.5. The van der Waals surface area contributed by atoms with Crippen LogP contribution < -0.4 is 26.0 Å². The molecule has 0 aliphatic carbocycles. The number of aliphatic imine (C=N–C) groups is 1. The molecule has 0 saturated heterocycles. The number of nitrogens with zero attached hydrogens (tertiary/aromatic N) is 3. The quantitative estimate of drug-likeness (QED) is 0.302. The summed E-state index contributed by atoms with van der Waals surface area (Å²) < 4.78 is 5.77. The van der Waals surface area contributed by atoms with E-state index < -0.39 is 0 Å². The molecule has 0 fully saturated rings. The molecule has 0 radical (unpaired) electrons. The lowest BCUT2D eigenvalue weighted by atomic mass is 10.3. The fourth-order valence-corrected chi connectivity index (χ4v) is 2.47. The molecule has 0 aliphatic heterocycles. The molecule has 0 aromatic carbocycles. The first-order chi connectivity index (χ1) is 13.1. The van der Waals surface area contributed by atoms with Crippen LogP contribution in [0.3, 0.4) is 0 Å². The second-order valence-electron chi connectivity index (χ2n) is 5.85. The van der Waals surface area contributed by atoms with Crippen molar-refractivity contribution in [1.29, 1.82) is 0 Å². The van der Waals surface area contributed by atoms with Crippen LogP contribution in [0.15, 0.2) is 17.1 Å². The van der Waals surface area contributed by atoms with Gasteiger partial charge < -0.3 is 26.0 Å². The van der Waals surface area contributed by atoms with E-state index >= 15 is 0 Å². The summed E-state index contributed by atoms with van der Waals surface area (Å²) >= 11 is 0. The molecule has 1 aromatic heterocycles. The Kier molecular flexibility index (Phi) is 14.7. The van der Waals surface area contributed by atoms with Crippen LogP contribution in [0.4, 0.5) is 11.5 Å². The Morgan fingerprint density at radius 1 is 1.11 bits per heavy atom. The first-order valence-electron chi connectivity index (χ1n) is 10.2. The summed E-state index contributed by atoms with van der Waals surface area (Å²) in [6.45, 7) is 14.5. The first-order valence-corrected chi connectivity index (χ1v) is 10.2. The number of nitrogen functional groups attached to an aromatic ring is 1. The summed E-state index contributed by atoms with van der Waals surface area (Å²) in [7, 11) is 1.76. The van der Waals surface area contributed by atoms with Gasteiger partial charge in [0, 0.05) is 48.8 Å². The molecule has 0 aliphatic rings. The molecule has 0 saturated carbocycles. The fraction of sp³-hybridized carbons (Fsp3) is 0.700. The second-order valence-corrected chi connectivity index (χ2v) is 5.85. The molecule has 27 heavy (non-hydrogen) atoms. The number of hydrogen-bond donors (Lipinski definition) is 3. The van der Waals surface area contributed by atoms with Crippen molar-refractivity contribution in [1.82, 2.24) is 15.6 Å². The average molecular weight is 387 g/mol. The molecule has 1 heterocycles. The van der Waals surface area contributed by atoms with Crippen LogP contribution in [-0.2, 0) is 0 Å². The molecule has 1 aromatic rings. The molecular formula is C20H46N6O. The summed E-state index contributed by atoms with van der Waals surface area (Å²) in [5, 5.41) is 6.43. The van der Waals surface area contributed by atoms with Crippen LogP contribution in [0.5, 0.6) is 5.88 Å². The number of hydrogen-bond acceptors (Lipinski definition) is 5. The summed E-state index contributed by atoms with van der Waals surface area (Å²) in [6.07, 6.45) is 3.23. The van der Waals surface area contributed by atoms with Gasteiger partial charge in [0.1, 0.15) is 12.4 Å². The van der Waals surface area contributed by atoms with Crippen LogP contribution in [0.2, 0.25) is 0 Å². The molecule has 7 heteroatoms. The zero-order valence-corrected chi connectivity index (χ0v) is 18.1. The standard InChI is InChI=1S/C18H34N6O.C2H6.3H2/c1-5-8-21-18(20-4)22-9-12-25-17-14-15(13-16(19)23-17)24(10-6-2)11-7-3;1-2;;;/h13-14H,5-12H2,1-4H3,(H2,19,23)(H2,20,21,22);1-2H3;3*1H. The van der Waals surface area contributed by atoms with E-state index in [1.54, 1.807) is 7.05 Å². The lowest BCUT2D eigenvalue weighted by Gasteiger charge is -2.24. The number of rotatable bonds is 11. The van der Waals surface area contributed by atoms with Crippen molar-refractivity contribution in [3.8, 4) is 5.88 Å². The predicted octanol–water partition coefficient (Wildman–Crippen LogP) is 4.01. The fourth-order valence-electron chi connectivity index (χ4n) is 2.47. The average Bonchev–Trinajstić information content (AvgIpc) is 2.68. The second kappa shape index (κ2) is 16.0. The highest BCUT2D eigenvalue weighted by molar-refractivity contribution is 5.79. The van der Waals surface area contributed by atoms with Crippen LogP contribution in [0, 0.1) is 0 Å². The number of anilines is 2. The molecule has 4 N–H and O–H groups in total. The minimum absolute atomic E-state index is 0. The molecule has 0 amide bonds. The maximum atomic E-state index is 5.96. The van der Waals surface area contributed by atoms with E-state index in [-0.39, 0.29) is 4.28 Å². The third-order valence-electron chi connectivity index (χ3n) is 3.57. The molecular weight excluding hydrogens is 340 g/mol. The number of pyridine rings is 1. The topological polar surface area (TPSA) is 87.8 Å². The number of nitrogens with one attached hydrogen (secondary N) is 2. The Balaban J connectivity index is -0.000000655. The molecule has 0 atom stereocenters. The van der Waals surface area contributed by atoms with E-state index in [1.807, 2.05) is 26.0 Å². The molecule has 7 nitrogen and oxygen atoms in total. The Bertz CT molecular complexity index is 529. The maximum Gasteiger partial charge on any atom is 0.217 e. The zero-order valence-electron chi connectivity index (χ0n) is 18.1. The molecule has 0 spiro atoms. The Morgan fingerprint density at radius 2 is 1.74 bits per heavy atom. The van der Waals surface area contributed by atoms with Crippen molar-refractivity contribution in [2.45, 2.75) is 53.9 Å². The van der Waals surface area contributed by atoms with Crippen molar-refractivity contribution < 1.29 is 9.02 Å². The number of nitrogens with two attached hydrogens (primary N) is 1. The van der Waals surface area contributed by atoms with E-state index in [2.05, 4.69) is 46.3 Å². The van der Waals surface area contributed by atoms with Gasteiger partial charge in [-0.05, 0) is 19.3 Å². The minimum Gasteiger partial charge on any atom is -0.476 e. The lowest BCUT2D eigenvalue weighted by Crippen LogP contribution is -2.39. The normalized spacial score (nSPS) is 10.7. The molecule has 1 rings (SSSR count). The van der Waals surface area contributed by atoms with E-state index in [0.29, 0.717) is 24.8 Å². The number of ether oxygens (including phenoxy) is 1. The molecule has 0 unspecified atom stereocenters. The van der Waals surface area contributed by atoms with Gasteiger partial charge in [-0.2, -0.15) is 4.98 Å². The highest BCUT2D eigenvalue weighted by Crippen LogP contribution is 2.23. The van der Waals surface area contributed by atoms with Gasteiger partial charge in [-0.25, -0.2) is 0 Å². The number of guanidine groups is 1. The Morgan fingerprint density at radius 3 is 2.30 bits per heavy atom. The van der Waals surface area contributed by atoms with Gasteiger partial charge in [0.2, 0.25) is 5.88 Å². The third kappa shape index (κ3) is 10.5. The van der Waals surface area contributed by atoms with Crippen molar-refractivity contribution in [2.75, 3.05) is 50.5 Å². The van der Waals surface area contributed by atoms with Gasteiger partial charge >= 0.3 is 0 Å². The Hall–Kier alpha value is -2.18. The van der Waals surface area contributed by atoms with Gasteiger partial charge in [0.15, 0.2) is 5.96 Å². The van der Waals surface area contributed by atoms with Crippen LogP contribution in [0.1, 0.15) is 58.2 Å². The first kappa shape index (κ1) is 24.8. The van der Waals surface area contributed by atoms with Gasteiger partial charge in [-0.1, -0.05) is 34.6 Å². The van der Waals surface area contributed by atoms with Crippen molar-refractivity contribution in [2.24, 2.45) is 4.99 Å². The SMILES string of the molecule is CC.CCCNC(=NC)NCCOc1cc(N(CCC)CCC)cc(N)n1.[HH].[HH].[HH]. The summed E-state index contributed by atoms with van der Waals surface area (Å²) in [4.78, 5) is 10.8. The van der Waals surface area contributed by atoms with Gasteiger partial charge in [-0.15, -0.1) is 0 Å². The van der Waals surface area contributed by atoms with Crippen molar-refractivity contribution in [3.05, 3.63) is 12.1 Å². The largest absolute Gasteiger partial charge is 0.476 e. The van der Waals surface area contributed by atoms with Crippen LogP contribution in [0.25, 0.3) is 0 Å². The van der Waals surface area contributed by atoms with Gasteiger partial charge in [0.25, 0.3) is 0 Å². The smallest absolute Gasteiger partial charge is 0.217 e. The maximum absolute atomic E-state index is 5.96. The minimum atomic E-state index is 0. The van der Waals surface area contributed by atoms with Gasteiger partial charge in [0.05, 0.1) is 6.54 Å². The van der Waals surface area contributed by atoms with Gasteiger partial charge in [-0.3, -0.25) is 4.99 Å². The lowest BCUT2D eigenvalue weighted by molar-refractivity contribution is 0.310. The van der Waals surface area contributed by atoms with Crippen molar-refractivity contribution >= 4 is 17.5 Å². The summed E-state index contributed by atoms with van der Waals surface area (Å²) in [5.41, 5.74) is 7.02. The van der Waals surface area contributed by atoms with E-state index in [4.69, 9.17) is 10.5 Å². The summed E-state index contributed by atoms with van der Waals surface area (Å²) in [5.74, 6) is 1.83. The number of aromatic nitrogens is 1. The summed E-state index contributed by atoms with van der Waals surface area (Å²) in [6, 6.07) is 3.87. The van der Waals surface area contributed by atoms with E-state index in [1.165, 1.54) is 0 Å². The van der Waals surface area contributed by atoms with Crippen molar-refractivity contribution in [3.63, 3.8) is 0 Å². The third-order valence-corrected chi connectivity index (χ3v) is 3.57. The van der Waals surface area contributed by atoms with E-state index in [0.717, 1.165) is 50.5 Å².